The SMILES string of the molecule is CCC(Sc1nc2c(cc1C#N)CC(C(C)(C)C)CC2)C(=O)Nc1ccc(C)cc1. The molecule has 1 aromatic heterocycles. The van der Waals surface area contributed by atoms with Crippen molar-refractivity contribution in [1.29, 1.82) is 5.26 Å². The Bertz CT molecular complexity index is 954. The number of hydrogen-bond donors (Lipinski definition) is 1. The maximum atomic E-state index is 12.8. The molecule has 3 rings (SSSR count). The molecule has 30 heavy (non-hydrogen) atoms. The quantitative estimate of drug-likeness (QED) is 0.608. The first-order chi connectivity index (χ1) is 14.2. The maximum Gasteiger partial charge on any atom is 0.237 e. The fourth-order valence-electron chi connectivity index (χ4n) is 3.87. The number of thioether (sulfide) groups is 1. The number of anilines is 1. The summed E-state index contributed by atoms with van der Waals surface area (Å²) in [5.74, 6) is 0.545. The van der Waals surface area contributed by atoms with E-state index in [0.717, 1.165) is 36.2 Å². The maximum absolute atomic E-state index is 12.8. The third-order valence-electron chi connectivity index (χ3n) is 5.93. The minimum absolute atomic E-state index is 0.0532. The Labute approximate surface area is 184 Å². The lowest BCUT2D eigenvalue weighted by Gasteiger charge is -2.34. The predicted octanol–water partition coefficient (Wildman–Crippen LogP) is 5.92. The molecular formula is C25H31N3OS. The molecule has 5 heteroatoms. The molecule has 1 amide bonds. The number of aryl methyl sites for hydroxylation is 2. The molecule has 2 atom stereocenters. The largest absolute Gasteiger partial charge is 0.325 e. The van der Waals surface area contributed by atoms with E-state index in [-0.39, 0.29) is 16.6 Å². The van der Waals surface area contributed by atoms with Crippen LogP contribution in [-0.2, 0) is 17.6 Å². The van der Waals surface area contributed by atoms with E-state index in [2.05, 4.69) is 32.2 Å². The van der Waals surface area contributed by atoms with Gasteiger partial charge in [-0.1, -0.05) is 57.2 Å². The second-order valence-electron chi connectivity index (χ2n) is 9.23. The van der Waals surface area contributed by atoms with Crippen molar-refractivity contribution in [2.45, 2.75) is 70.6 Å². The van der Waals surface area contributed by atoms with Crippen molar-refractivity contribution in [2.75, 3.05) is 5.32 Å². The number of benzene rings is 1. The molecule has 1 aliphatic rings. The van der Waals surface area contributed by atoms with Gasteiger partial charge in [0, 0.05) is 11.4 Å². The zero-order valence-electron chi connectivity index (χ0n) is 18.6. The average Bonchev–Trinajstić information content (AvgIpc) is 2.71. The molecule has 0 fully saturated rings. The minimum Gasteiger partial charge on any atom is -0.325 e. The van der Waals surface area contributed by atoms with Gasteiger partial charge in [0.1, 0.15) is 11.1 Å². The number of carbonyl (C=O) groups excluding carboxylic acids is 1. The van der Waals surface area contributed by atoms with Crippen LogP contribution in [0.5, 0.6) is 0 Å². The first-order valence-corrected chi connectivity index (χ1v) is 11.6. The number of nitrogens with zero attached hydrogens (tertiary/aromatic N) is 2. The molecule has 1 N–H and O–H groups in total. The topological polar surface area (TPSA) is 65.8 Å². The van der Waals surface area contributed by atoms with E-state index in [1.54, 1.807) is 0 Å². The molecule has 0 radical (unpaired) electrons. The Morgan fingerprint density at radius 2 is 2.03 bits per heavy atom. The Balaban J connectivity index is 1.78. The third kappa shape index (κ3) is 5.23. The standard InChI is InChI=1S/C25H31N3OS/c1-6-22(23(29)27-20-10-7-16(2)8-11-20)30-24-18(15-26)13-17-14-19(25(3,4)5)9-12-21(17)28-24/h7-8,10-11,13,19,22H,6,9,12,14H2,1-5H3,(H,27,29). The predicted molar refractivity (Wildman–Crippen MR) is 124 cm³/mol. The lowest BCUT2D eigenvalue weighted by Crippen LogP contribution is -2.28. The minimum atomic E-state index is -0.296. The second-order valence-corrected chi connectivity index (χ2v) is 10.4. The fraction of sp³-hybridized carbons (Fsp3) is 0.480. The smallest absolute Gasteiger partial charge is 0.237 e. The molecule has 0 bridgehead atoms. The summed E-state index contributed by atoms with van der Waals surface area (Å²) in [6.45, 7) is 10.9. The van der Waals surface area contributed by atoms with Gasteiger partial charge in [-0.15, -0.1) is 0 Å². The molecule has 1 aromatic carbocycles. The molecule has 4 nitrogen and oxygen atoms in total. The van der Waals surface area contributed by atoms with Gasteiger partial charge in [-0.05, 0) is 67.7 Å². The summed E-state index contributed by atoms with van der Waals surface area (Å²) in [6, 6.07) is 12.1. The van der Waals surface area contributed by atoms with Crippen molar-refractivity contribution in [3.8, 4) is 6.07 Å². The van der Waals surface area contributed by atoms with Crippen LogP contribution in [0.1, 0.15) is 62.9 Å². The van der Waals surface area contributed by atoms with Crippen LogP contribution in [-0.4, -0.2) is 16.1 Å². The van der Waals surface area contributed by atoms with Gasteiger partial charge in [0.25, 0.3) is 0 Å². The molecule has 0 aliphatic heterocycles. The number of nitrogens with one attached hydrogen (secondary N) is 1. The van der Waals surface area contributed by atoms with Crippen LogP contribution in [0.15, 0.2) is 35.4 Å². The van der Waals surface area contributed by atoms with Gasteiger partial charge in [0.05, 0.1) is 10.8 Å². The number of aromatic nitrogens is 1. The van der Waals surface area contributed by atoms with E-state index >= 15 is 0 Å². The molecule has 2 unspecified atom stereocenters. The van der Waals surface area contributed by atoms with Crippen molar-refractivity contribution >= 4 is 23.4 Å². The van der Waals surface area contributed by atoms with Gasteiger partial charge in [-0.3, -0.25) is 4.79 Å². The number of rotatable bonds is 5. The highest BCUT2D eigenvalue weighted by Gasteiger charge is 2.30. The summed E-state index contributed by atoms with van der Waals surface area (Å²) >= 11 is 1.40. The van der Waals surface area contributed by atoms with E-state index in [0.29, 0.717) is 22.9 Å². The summed E-state index contributed by atoms with van der Waals surface area (Å²) in [4.78, 5) is 17.7. The first kappa shape index (κ1) is 22.4. The van der Waals surface area contributed by atoms with Gasteiger partial charge >= 0.3 is 0 Å². The molecule has 2 aromatic rings. The molecular weight excluding hydrogens is 390 g/mol. The van der Waals surface area contributed by atoms with Crippen LogP contribution >= 0.6 is 11.8 Å². The summed E-state index contributed by atoms with van der Waals surface area (Å²) in [6.07, 6.45) is 3.68. The normalized spacial score (nSPS) is 17.0. The van der Waals surface area contributed by atoms with Crippen LogP contribution in [0.3, 0.4) is 0 Å². The van der Waals surface area contributed by atoms with Crippen LogP contribution in [0.25, 0.3) is 0 Å². The van der Waals surface area contributed by atoms with Crippen LogP contribution < -0.4 is 5.32 Å². The summed E-state index contributed by atoms with van der Waals surface area (Å²) in [5.41, 5.74) is 5.05. The van der Waals surface area contributed by atoms with Gasteiger partial charge in [-0.2, -0.15) is 5.26 Å². The summed E-state index contributed by atoms with van der Waals surface area (Å²) in [7, 11) is 0. The molecule has 158 valence electrons. The van der Waals surface area contributed by atoms with Gasteiger partial charge < -0.3 is 5.32 Å². The Kier molecular flexibility index (Phi) is 6.88. The highest BCUT2D eigenvalue weighted by atomic mass is 32.2. The molecule has 0 spiro atoms. The molecule has 0 saturated heterocycles. The molecule has 1 aliphatic carbocycles. The second kappa shape index (κ2) is 9.22. The number of amides is 1. The average molecular weight is 422 g/mol. The highest BCUT2D eigenvalue weighted by Crippen LogP contribution is 2.38. The Hall–Kier alpha value is -2.32. The van der Waals surface area contributed by atoms with E-state index in [9.17, 15) is 10.1 Å². The third-order valence-corrected chi connectivity index (χ3v) is 7.30. The fourth-order valence-corrected chi connectivity index (χ4v) is 4.87. The summed E-state index contributed by atoms with van der Waals surface area (Å²) < 4.78 is 0. The van der Waals surface area contributed by atoms with Crippen molar-refractivity contribution in [3.63, 3.8) is 0 Å². The zero-order valence-corrected chi connectivity index (χ0v) is 19.4. The Morgan fingerprint density at radius 1 is 1.33 bits per heavy atom. The van der Waals surface area contributed by atoms with Crippen molar-refractivity contribution < 1.29 is 4.79 Å². The number of nitriles is 1. The van der Waals surface area contributed by atoms with Gasteiger partial charge in [0.15, 0.2) is 0 Å². The number of fused-ring (bicyclic) bond motifs is 1. The van der Waals surface area contributed by atoms with Gasteiger partial charge in [-0.25, -0.2) is 4.98 Å². The van der Waals surface area contributed by atoms with Crippen LogP contribution in [0.2, 0.25) is 0 Å². The number of pyridine rings is 1. The van der Waals surface area contributed by atoms with E-state index < -0.39 is 0 Å². The van der Waals surface area contributed by atoms with E-state index in [1.807, 2.05) is 44.2 Å². The van der Waals surface area contributed by atoms with E-state index in [1.165, 1.54) is 17.3 Å². The lowest BCUT2D eigenvalue weighted by atomic mass is 9.71. The van der Waals surface area contributed by atoms with Gasteiger partial charge in [0.2, 0.25) is 5.91 Å². The van der Waals surface area contributed by atoms with Crippen molar-refractivity contribution in [1.82, 2.24) is 4.98 Å². The first-order valence-electron chi connectivity index (χ1n) is 10.7. The number of hydrogen-bond acceptors (Lipinski definition) is 4. The summed E-state index contributed by atoms with van der Waals surface area (Å²) in [5, 5.41) is 13.1. The van der Waals surface area contributed by atoms with Crippen LogP contribution in [0.4, 0.5) is 5.69 Å². The highest BCUT2D eigenvalue weighted by molar-refractivity contribution is 8.00. The molecule has 1 heterocycles. The monoisotopic (exact) mass is 421 g/mol. The Morgan fingerprint density at radius 3 is 2.63 bits per heavy atom. The molecule has 0 saturated carbocycles. The number of carbonyl (C=O) groups is 1. The van der Waals surface area contributed by atoms with E-state index in [4.69, 9.17) is 4.98 Å². The van der Waals surface area contributed by atoms with Crippen molar-refractivity contribution in [2.24, 2.45) is 11.3 Å². The van der Waals surface area contributed by atoms with Crippen molar-refractivity contribution in [3.05, 3.63) is 52.7 Å². The van der Waals surface area contributed by atoms with Crippen LogP contribution in [0, 0.1) is 29.6 Å². The zero-order chi connectivity index (χ0) is 21.9. The lowest BCUT2D eigenvalue weighted by molar-refractivity contribution is -0.115.